The summed E-state index contributed by atoms with van der Waals surface area (Å²) in [6.07, 6.45) is 0.734. The highest BCUT2D eigenvalue weighted by Crippen LogP contribution is 2.39. The van der Waals surface area contributed by atoms with Crippen molar-refractivity contribution in [3.05, 3.63) is 65.0 Å². The third kappa shape index (κ3) is 4.79. The quantitative estimate of drug-likeness (QED) is 0.819. The second-order valence-electron chi connectivity index (χ2n) is 7.35. The molecule has 1 aliphatic rings. The largest absolute Gasteiger partial charge is 0.487 e. The molecule has 0 aliphatic carbocycles. The Morgan fingerprint density at radius 3 is 2.73 bits per heavy atom. The van der Waals surface area contributed by atoms with Gasteiger partial charge >= 0.3 is 0 Å². The molecule has 1 heterocycles. The van der Waals surface area contributed by atoms with E-state index in [-0.39, 0.29) is 23.4 Å². The second-order valence-corrected chi connectivity index (χ2v) is 8.33. The first-order valence-corrected chi connectivity index (χ1v) is 9.89. The van der Waals surface area contributed by atoms with Crippen molar-refractivity contribution >= 4 is 17.7 Å². The number of nitrogens with one attached hydrogen (secondary N) is 1. The Morgan fingerprint density at radius 1 is 1.27 bits per heavy atom. The van der Waals surface area contributed by atoms with Gasteiger partial charge in [-0.15, -0.1) is 11.8 Å². The van der Waals surface area contributed by atoms with E-state index in [1.807, 2.05) is 32.9 Å². The third-order valence-corrected chi connectivity index (χ3v) is 5.38. The van der Waals surface area contributed by atoms with E-state index in [2.05, 4.69) is 11.4 Å². The van der Waals surface area contributed by atoms with Crippen molar-refractivity contribution in [3.63, 3.8) is 0 Å². The maximum Gasteiger partial charge on any atom is 0.230 e. The molecule has 1 atom stereocenters. The molecule has 1 aliphatic heterocycles. The zero-order chi connectivity index (χ0) is 18.7. The number of thioether (sulfide) groups is 1. The lowest BCUT2D eigenvalue weighted by atomic mass is 9.89. The van der Waals surface area contributed by atoms with Crippen LogP contribution in [-0.4, -0.2) is 17.3 Å². The first kappa shape index (κ1) is 18.8. The number of fused-ring (bicyclic) bond motifs is 1. The molecule has 0 saturated carbocycles. The van der Waals surface area contributed by atoms with Gasteiger partial charge in [0.2, 0.25) is 5.91 Å². The molecule has 2 aromatic rings. The van der Waals surface area contributed by atoms with Crippen LogP contribution in [0.2, 0.25) is 0 Å². The van der Waals surface area contributed by atoms with E-state index in [4.69, 9.17) is 4.74 Å². The Bertz CT molecular complexity index is 789. The number of hydrogen-bond acceptors (Lipinski definition) is 3. The number of ether oxygens (including phenoxy) is 1. The Labute approximate surface area is 158 Å². The van der Waals surface area contributed by atoms with Crippen LogP contribution < -0.4 is 10.1 Å². The van der Waals surface area contributed by atoms with Gasteiger partial charge in [0, 0.05) is 17.7 Å². The number of carbonyl (C=O) groups excluding carboxylic acids is 1. The van der Waals surface area contributed by atoms with E-state index in [1.54, 1.807) is 12.1 Å². The number of amides is 1. The number of carbonyl (C=O) groups is 1. The van der Waals surface area contributed by atoms with Gasteiger partial charge in [-0.1, -0.05) is 29.8 Å². The van der Waals surface area contributed by atoms with Crippen LogP contribution in [0, 0.1) is 12.7 Å². The van der Waals surface area contributed by atoms with Gasteiger partial charge in [-0.05, 0) is 44.5 Å². The van der Waals surface area contributed by atoms with Gasteiger partial charge in [0.25, 0.3) is 0 Å². The average molecular weight is 373 g/mol. The minimum atomic E-state index is -0.318. The SMILES string of the molecule is Cc1ccc2c(c1)[C@H](NC(=O)CSCc1ccc(F)cc1)CC(C)(C)O2. The molecule has 3 rings (SSSR count). The molecule has 0 unspecified atom stereocenters. The van der Waals surface area contributed by atoms with E-state index in [0.29, 0.717) is 11.5 Å². The van der Waals surface area contributed by atoms with Gasteiger partial charge in [0.1, 0.15) is 17.2 Å². The topological polar surface area (TPSA) is 38.3 Å². The van der Waals surface area contributed by atoms with Crippen molar-refractivity contribution in [3.8, 4) is 5.75 Å². The van der Waals surface area contributed by atoms with Crippen LogP contribution in [-0.2, 0) is 10.5 Å². The normalized spacial score (nSPS) is 17.9. The van der Waals surface area contributed by atoms with Gasteiger partial charge in [-0.2, -0.15) is 0 Å². The van der Waals surface area contributed by atoms with Gasteiger partial charge in [-0.25, -0.2) is 4.39 Å². The summed E-state index contributed by atoms with van der Waals surface area (Å²) in [7, 11) is 0. The van der Waals surface area contributed by atoms with Crippen molar-refractivity contribution in [2.45, 2.75) is 44.6 Å². The van der Waals surface area contributed by atoms with Crippen LogP contribution >= 0.6 is 11.8 Å². The standard InChI is InChI=1S/C21H24FNO2S/c1-14-4-9-19-17(10-14)18(11-21(2,3)25-19)23-20(24)13-26-12-15-5-7-16(22)8-6-15/h4-10,18H,11-13H2,1-3H3,(H,23,24)/t18-/m1/s1. The summed E-state index contributed by atoms with van der Waals surface area (Å²) in [5, 5.41) is 3.15. The molecule has 0 fully saturated rings. The summed E-state index contributed by atoms with van der Waals surface area (Å²) in [4.78, 5) is 12.4. The van der Waals surface area contributed by atoms with E-state index in [0.717, 1.165) is 28.9 Å². The zero-order valence-corrected chi connectivity index (χ0v) is 16.2. The highest BCUT2D eigenvalue weighted by Gasteiger charge is 2.34. The second kappa shape index (κ2) is 7.70. The Hall–Kier alpha value is -2.01. The molecule has 26 heavy (non-hydrogen) atoms. The maximum absolute atomic E-state index is 12.9. The summed E-state index contributed by atoms with van der Waals surface area (Å²) >= 11 is 1.53. The molecule has 2 aromatic carbocycles. The smallest absolute Gasteiger partial charge is 0.230 e. The molecule has 3 nitrogen and oxygen atoms in total. The molecule has 1 amide bonds. The van der Waals surface area contributed by atoms with Crippen molar-refractivity contribution < 1.29 is 13.9 Å². The summed E-state index contributed by atoms with van der Waals surface area (Å²) in [6.45, 7) is 6.12. The van der Waals surface area contributed by atoms with Crippen LogP contribution in [0.15, 0.2) is 42.5 Å². The Balaban J connectivity index is 1.60. The lowest BCUT2D eigenvalue weighted by molar-refractivity contribution is -0.119. The summed E-state index contributed by atoms with van der Waals surface area (Å²) < 4.78 is 19.0. The zero-order valence-electron chi connectivity index (χ0n) is 15.3. The Kier molecular flexibility index (Phi) is 5.56. The van der Waals surface area contributed by atoms with Gasteiger partial charge in [-0.3, -0.25) is 4.79 Å². The van der Waals surface area contributed by atoms with Gasteiger partial charge < -0.3 is 10.1 Å². The van der Waals surface area contributed by atoms with Crippen molar-refractivity contribution in [2.24, 2.45) is 0 Å². The van der Waals surface area contributed by atoms with Crippen molar-refractivity contribution in [2.75, 3.05) is 5.75 Å². The van der Waals surface area contributed by atoms with E-state index in [9.17, 15) is 9.18 Å². The summed E-state index contributed by atoms with van der Waals surface area (Å²) in [6, 6.07) is 12.4. The molecular formula is C21H24FNO2S. The molecule has 5 heteroatoms. The number of rotatable bonds is 5. The predicted molar refractivity (Wildman–Crippen MR) is 104 cm³/mol. The van der Waals surface area contributed by atoms with Gasteiger partial charge in [0.05, 0.1) is 11.8 Å². The minimum Gasteiger partial charge on any atom is -0.487 e. The molecule has 0 bridgehead atoms. The van der Waals surface area contributed by atoms with Crippen LogP contribution in [0.25, 0.3) is 0 Å². The number of hydrogen-bond donors (Lipinski definition) is 1. The fraction of sp³-hybridized carbons (Fsp3) is 0.381. The number of benzene rings is 2. The highest BCUT2D eigenvalue weighted by molar-refractivity contribution is 7.99. The van der Waals surface area contributed by atoms with Crippen molar-refractivity contribution in [1.82, 2.24) is 5.32 Å². The van der Waals surface area contributed by atoms with Crippen LogP contribution in [0.4, 0.5) is 4.39 Å². The molecule has 138 valence electrons. The van der Waals surface area contributed by atoms with Crippen LogP contribution in [0.3, 0.4) is 0 Å². The number of halogens is 1. The maximum atomic E-state index is 12.9. The molecule has 0 saturated heterocycles. The van der Waals surface area contributed by atoms with E-state index < -0.39 is 0 Å². The van der Waals surface area contributed by atoms with Gasteiger partial charge in [0.15, 0.2) is 0 Å². The first-order valence-electron chi connectivity index (χ1n) is 8.73. The predicted octanol–water partition coefficient (Wildman–Crippen LogP) is 4.79. The lowest BCUT2D eigenvalue weighted by Crippen LogP contribution is -2.41. The number of aryl methyl sites for hydroxylation is 1. The third-order valence-electron chi connectivity index (χ3n) is 4.37. The van der Waals surface area contributed by atoms with Crippen molar-refractivity contribution in [1.29, 1.82) is 0 Å². The molecule has 0 aromatic heterocycles. The monoisotopic (exact) mass is 373 g/mol. The van der Waals surface area contributed by atoms with Crippen LogP contribution in [0.5, 0.6) is 5.75 Å². The lowest BCUT2D eigenvalue weighted by Gasteiger charge is -2.38. The highest BCUT2D eigenvalue weighted by atomic mass is 32.2. The minimum absolute atomic E-state index is 0.00673. The molecular weight excluding hydrogens is 349 g/mol. The fourth-order valence-corrected chi connectivity index (χ4v) is 3.98. The average Bonchev–Trinajstić information content (AvgIpc) is 2.57. The Morgan fingerprint density at radius 2 is 2.00 bits per heavy atom. The molecule has 0 radical (unpaired) electrons. The van der Waals surface area contributed by atoms with E-state index >= 15 is 0 Å². The first-order chi connectivity index (χ1) is 12.3. The molecule has 1 N–H and O–H groups in total. The molecule has 0 spiro atoms. The van der Waals surface area contributed by atoms with Crippen LogP contribution in [0.1, 0.15) is 43.0 Å². The fourth-order valence-electron chi connectivity index (χ4n) is 3.18. The van der Waals surface area contributed by atoms with E-state index in [1.165, 1.54) is 23.9 Å². The summed E-state index contributed by atoms with van der Waals surface area (Å²) in [5.74, 6) is 1.66. The summed E-state index contributed by atoms with van der Waals surface area (Å²) in [5.41, 5.74) is 2.89.